The molecule has 0 fully saturated rings. The summed E-state index contributed by atoms with van der Waals surface area (Å²) < 4.78 is 17.2. The van der Waals surface area contributed by atoms with Crippen LogP contribution < -0.4 is 42.9 Å². The van der Waals surface area contributed by atoms with Crippen LogP contribution in [0.25, 0.3) is 0 Å². The van der Waals surface area contributed by atoms with Gasteiger partial charge in [-0.15, -0.1) is 0 Å². The van der Waals surface area contributed by atoms with Gasteiger partial charge in [-0.1, -0.05) is 91.2 Å². The minimum Gasteiger partial charge on any atom is -1.00 e. The van der Waals surface area contributed by atoms with Gasteiger partial charge in [-0.25, -0.2) is 0 Å². The van der Waals surface area contributed by atoms with E-state index in [1.165, 1.54) is 58.3 Å². The van der Waals surface area contributed by atoms with Crippen molar-refractivity contribution in [3.8, 4) is 11.5 Å². The molecule has 240 valence electrons. The average molecular weight is 708 g/mol. The van der Waals surface area contributed by atoms with Gasteiger partial charge in [0.1, 0.15) is 44.4 Å². The summed E-state index contributed by atoms with van der Waals surface area (Å²) in [6.45, 7) is 7.03. The van der Waals surface area contributed by atoms with Gasteiger partial charge in [0.15, 0.2) is 11.1 Å². The van der Waals surface area contributed by atoms with Crippen LogP contribution in [0.4, 0.5) is 0 Å². The number of ether oxygens (including phenoxy) is 3. The number of benzene rings is 4. The molecule has 4 rings (SSSR count). The van der Waals surface area contributed by atoms with E-state index in [-0.39, 0.29) is 28.6 Å². The van der Waals surface area contributed by atoms with Crippen molar-refractivity contribution in [1.82, 2.24) is 0 Å². The Morgan fingerprint density at radius 2 is 1.07 bits per heavy atom. The number of rotatable bonds is 17. The highest BCUT2D eigenvalue weighted by Gasteiger charge is 2.50. The van der Waals surface area contributed by atoms with Crippen LogP contribution >= 0.6 is 7.26 Å². The lowest BCUT2D eigenvalue weighted by atomic mass is 10.1. The fraction of sp³-hybridized carbons (Fsp3) is 0.368. The number of aryl methyl sites for hydroxylation is 3. The quantitative estimate of drug-likeness (QED) is 0.0768. The highest BCUT2D eigenvalue weighted by atomic mass is 79.9. The van der Waals surface area contributed by atoms with E-state index < -0.39 is 7.26 Å². The number of halogens is 1. The predicted molar refractivity (Wildman–Crippen MR) is 189 cm³/mol. The van der Waals surface area contributed by atoms with Crippen LogP contribution in [-0.4, -0.2) is 41.4 Å². The lowest BCUT2D eigenvalue weighted by molar-refractivity contribution is -0.0441. The molecule has 4 aromatic carbocycles. The van der Waals surface area contributed by atoms with Crippen molar-refractivity contribution >= 4 is 38.0 Å². The molecule has 0 aliphatic rings. The molecule has 0 unspecified atom stereocenters. The van der Waals surface area contributed by atoms with Gasteiger partial charge >= 0.3 is 0 Å². The molecule has 45 heavy (non-hydrogen) atoms. The van der Waals surface area contributed by atoms with Crippen LogP contribution in [0, 0.1) is 20.8 Å². The summed E-state index contributed by atoms with van der Waals surface area (Å²) in [5.74, 6) is 1.05. The minimum absolute atomic E-state index is 0. The van der Waals surface area contributed by atoms with Crippen molar-refractivity contribution in [1.29, 1.82) is 0 Å². The van der Waals surface area contributed by atoms with E-state index in [1.807, 2.05) is 12.1 Å². The normalized spacial score (nSPS) is 11.4. The van der Waals surface area contributed by atoms with Gasteiger partial charge < -0.3 is 36.3 Å². The van der Waals surface area contributed by atoms with Crippen molar-refractivity contribution in [2.45, 2.75) is 71.3 Å². The molecule has 2 radical (unpaired) electrons. The third kappa shape index (κ3) is 9.76. The highest BCUT2D eigenvalue weighted by molar-refractivity contribution is 8.01. The molecule has 0 atom stereocenters. The first-order chi connectivity index (χ1) is 21.4. The molecule has 4 aromatic rings. The number of hydrogen-bond acceptors (Lipinski definition) is 4. The summed E-state index contributed by atoms with van der Waals surface area (Å²) in [5, 5.41) is 15.7. The zero-order chi connectivity index (χ0) is 31.4. The van der Waals surface area contributed by atoms with Crippen molar-refractivity contribution in [3.63, 3.8) is 0 Å². The number of methoxy groups -OCH3 is 2. The van der Waals surface area contributed by atoms with Crippen LogP contribution in [0.2, 0.25) is 6.04 Å². The maximum atomic E-state index is 10.9. The maximum absolute atomic E-state index is 10.9. The van der Waals surface area contributed by atoms with E-state index in [9.17, 15) is 5.11 Å². The second kappa shape index (κ2) is 18.6. The van der Waals surface area contributed by atoms with E-state index in [0.29, 0.717) is 16.1 Å². The zero-order valence-corrected chi connectivity index (χ0v) is 30.9. The molecule has 7 heteroatoms. The summed E-state index contributed by atoms with van der Waals surface area (Å²) in [6, 6.07) is 33.6. The Morgan fingerprint density at radius 1 is 0.622 bits per heavy atom. The summed E-state index contributed by atoms with van der Waals surface area (Å²) >= 11 is 0. The fourth-order valence-electron chi connectivity index (χ4n) is 5.66. The molecule has 0 amide bonds. The number of phenolic OH excluding ortho intramolecular Hbond substituents is 1. The van der Waals surface area contributed by atoms with Crippen molar-refractivity contribution < 1.29 is 36.3 Å². The second-order valence-corrected chi connectivity index (χ2v) is 16.3. The molecule has 0 aliphatic heterocycles. The Morgan fingerprint density at radius 3 is 1.53 bits per heavy atom. The van der Waals surface area contributed by atoms with E-state index >= 15 is 0 Å². The van der Waals surface area contributed by atoms with E-state index in [1.54, 1.807) is 20.3 Å². The standard InChI is InChI=1S/C38H47O4PSi.BrH/c1-29-12-19-33(20-13-29)43(34-21-14-30(2)15-22-34,35-23-16-31(3)17-24-35)37-28-32(39)18-25-36(37)42-26-10-8-6-7-9-11-27-44-38(40-4)41-5;/h12-25,28,38H,6-11,26-27H2,1-5H3;1H. The number of phenols is 1. The van der Waals surface area contributed by atoms with Gasteiger partial charge in [-0.2, -0.15) is 0 Å². The molecule has 0 aliphatic carbocycles. The molecule has 0 aromatic heterocycles. The molecule has 4 nitrogen and oxygen atoms in total. The van der Waals surface area contributed by atoms with Gasteiger partial charge in [0.2, 0.25) is 0 Å². The van der Waals surface area contributed by atoms with E-state index in [2.05, 4.69) is 93.6 Å². The molecular weight excluding hydrogens is 659 g/mol. The average Bonchev–Trinajstić information content (AvgIpc) is 3.03. The van der Waals surface area contributed by atoms with Crippen molar-refractivity contribution in [2.24, 2.45) is 0 Å². The van der Waals surface area contributed by atoms with E-state index in [4.69, 9.17) is 14.2 Å². The van der Waals surface area contributed by atoms with Gasteiger partial charge in [0.05, 0.1) is 6.61 Å². The van der Waals surface area contributed by atoms with Crippen LogP contribution in [-0.2, 0) is 9.47 Å². The Labute approximate surface area is 284 Å². The summed E-state index contributed by atoms with van der Waals surface area (Å²) in [7, 11) is 1.69. The predicted octanol–water partition coefficient (Wildman–Crippen LogP) is 4.36. The van der Waals surface area contributed by atoms with E-state index in [0.717, 1.165) is 29.9 Å². The molecular formula is C38H48BrO4PSi. The topological polar surface area (TPSA) is 47.9 Å². The smallest absolute Gasteiger partial charge is 0.162 e. The number of aromatic hydroxyl groups is 1. The van der Waals surface area contributed by atoms with Crippen molar-refractivity contribution in [3.05, 3.63) is 108 Å². The molecule has 0 bridgehead atoms. The van der Waals surface area contributed by atoms with Gasteiger partial charge in [0, 0.05) is 20.3 Å². The molecule has 0 saturated heterocycles. The van der Waals surface area contributed by atoms with Crippen LogP contribution in [0.1, 0.15) is 55.2 Å². The van der Waals surface area contributed by atoms with Crippen LogP contribution in [0.5, 0.6) is 11.5 Å². The summed E-state index contributed by atoms with van der Waals surface area (Å²) in [5.41, 5.74) is 3.67. The van der Waals surface area contributed by atoms with Gasteiger partial charge in [-0.05, 0) is 75.7 Å². The Kier molecular flexibility index (Phi) is 15.3. The first-order valence-corrected chi connectivity index (χ1v) is 18.8. The Hall–Kier alpha value is -2.47. The SMILES string of the molecule is COC(OC)[Si]CCCCCCCCOc1ccc(O)cc1[P+](c1ccc(C)cc1)(c1ccc(C)cc1)c1ccc(C)cc1.[Br-]. The van der Waals surface area contributed by atoms with Gasteiger partial charge in [0.25, 0.3) is 0 Å². The van der Waals surface area contributed by atoms with Crippen molar-refractivity contribution in [2.75, 3.05) is 20.8 Å². The van der Waals surface area contributed by atoms with Gasteiger partial charge in [-0.3, -0.25) is 0 Å². The minimum atomic E-state index is -2.42. The molecule has 0 saturated carbocycles. The lowest BCUT2D eigenvalue weighted by Gasteiger charge is -2.29. The third-order valence-corrected chi connectivity index (χ3v) is 13.9. The third-order valence-electron chi connectivity index (χ3n) is 8.14. The fourth-order valence-corrected chi connectivity index (χ4v) is 11.0. The first-order valence-electron chi connectivity index (χ1n) is 15.7. The largest absolute Gasteiger partial charge is 1.00 e. The first kappa shape index (κ1) is 37.0. The number of hydrogen-bond donors (Lipinski definition) is 1. The Bertz CT molecular complexity index is 1310. The summed E-state index contributed by atoms with van der Waals surface area (Å²) in [4.78, 5) is 0. The Balaban J connectivity index is 0.00000552. The lowest BCUT2D eigenvalue weighted by Crippen LogP contribution is -3.00. The number of unbranched alkanes of at least 4 members (excludes halogenated alkanes) is 5. The van der Waals surface area contributed by atoms with Crippen LogP contribution in [0.15, 0.2) is 91.0 Å². The molecule has 1 N–H and O–H groups in total. The maximum Gasteiger partial charge on any atom is 0.162 e. The molecule has 0 spiro atoms. The van der Waals surface area contributed by atoms with Crippen LogP contribution in [0.3, 0.4) is 0 Å². The summed E-state index contributed by atoms with van der Waals surface area (Å²) in [6.07, 6.45) is 7.05. The second-order valence-electron chi connectivity index (χ2n) is 11.6. The highest BCUT2D eigenvalue weighted by Crippen LogP contribution is 2.56. The molecule has 0 heterocycles. The zero-order valence-electron chi connectivity index (χ0n) is 27.4. The monoisotopic (exact) mass is 706 g/mol.